The van der Waals surface area contributed by atoms with Crippen molar-refractivity contribution in [1.82, 2.24) is 9.29 Å². The molecule has 0 N–H and O–H groups in total. The van der Waals surface area contributed by atoms with E-state index in [4.69, 9.17) is 4.74 Å². The van der Waals surface area contributed by atoms with Crippen LogP contribution in [0.2, 0.25) is 0 Å². The predicted molar refractivity (Wildman–Crippen MR) is 85.2 cm³/mol. The summed E-state index contributed by atoms with van der Waals surface area (Å²) in [6.07, 6.45) is 8.69. The third-order valence-corrected chi connectivity index (χ3v) is 6.68. The van der Waals surface area contributed by atoms with Gasteiger partial charge in [-0.05, 0) is 31.4 Å². The standard InChI is InChI=1S/C16H24N2O3S/c1-2-3-9-22(19,20)18-13-6-7-14(18)11-16(10-13)21-15-5-4-8-17-12-15/h4-5,8,12-14,16H,2-3,6-7,9-11H2,1H3. The number of fused-ring (bicyclic) bond motifs is 2. The van der Waals surface area contributed by atoms with Crippen LogP contribution in [0.5, 0.6) is 5.75 Å². The zero-order chi connectivity index (χ0) is 15.6. The van der Waals surface area contributed by atoms with Gasteiger partial charge in [-0.25, -0.2) is 8.42 Å². The monoisotopic (exact) mass is 324 g/mol. The molecule has 0 aromatic carbocycles. The van der Waals surface area contributed by atoms with Gasteiger partial charge in [0.05, 0.1) is 11.9 Å². The zero-order valence-electron chi connectivity index (χ0n) is 13.0. The highest BCUT2D eigenvalue weighted by Gasteiger charge is 2.46. The second-order valence-corrected chi connectivity index (χ2v) is 8.28. The Morgan fingerprint density at radius 3 is 2.64 bits per heavy atom. The van der Waals surface area contributed by atoms with Crippen molar-refractivity contribution in [3.05, 3.63) is 24.5 Å². The fraction of sp³-hybridized carbons (Fsp3) is 0.688. The van der Waals surface area contributed by atoms with Crippen molar-refractivity contribution in [3.8, 4) is 5.75 Å². The van der Waals surface area contributed by atoms with Crippen LogP contribution in [0.3, 0.4) is 0 Å². The first-order chi connectivity index (χ1) is 10.6. The maximum absolute atomic E-state index is 12.5. The number of sulfonamides is 1. The molecule has 6 heteroatoms. The van der Waals surface area contributed by atoms with E-state index in [9.17, 15) is 8.42 Å². The highest BCUT2D eigenvalue weighted by molar-refractivity contribution is 7.89. The number of ether oxygens (including phenoxy) is 1. The Kier molecular flexibility index (Phi) is 4.68. The van der Waals surface area contributed by atoms with Crippen LogP contribution in [0, 0.1) is 0 Å². The van der Waals surface area contributed by atoms with Crippen molar-refractivity contribution in [3.63, 3.8) is 0 Å². The largest absolute Gasteiger partial charge is 0.489 e. The second-order valence-electron chi connectivity index (χ2n) is 6.28. The van der Waals surface area contributed by atoms with Gasteiger partial charge in [0.15, 0.2) is 0 Å². The van der Waals surface area contributed by atoms with E-state index in [2.05, 4.69) is 4.98 Å². The maximum atomic E-state index is 12.5. The van der Waals surface area contributed by atoms with Crippen LogP contribution in [0.1, 0.15) is 45.4 Å². The summed E-state index contributed by atoms with van der Waals surface area (Å²) in [5.41, 5.74) is 0. The number of pyridine rings is 1. The van der Waals surface area contributed by atoms with E-state index in [-0.39, 0.29) is 23.9 Å². The summed E-state index contributed by atoms with van der Waals surface area (Å²) in [5, 5.41) is 0. The van der Waals surface area contributed by atoms with Crippen molar-refractivity contribution in [2.75, 3.05) is 5.75 Å². The Morgan fingerprint density at radius 2 is 2.05 bits per heavy atom. The van der Waals surface area contributed by atoms with Gasteiger partial charge >= 0.3 is 0 Å². The van der Waals surface area contributed by atoms with Gasteiger partial charge in [-0.2, -0.15) is 4.31 Å². The normalized spacial score (nSPS) is 28.7. The van der Waals surface area contributed by atoms with E-state index in [0.717, 1.165) is 44.3 Å². The van der Waals surface area contributed by atoms with Crippen LogP contribution in [-0.4, -0.2) is 41.6 Å². The molecule has 2 atom stereocenters. The van der Waals surface area contributed by atoms with Gasteiger partial charge in [0.1, 0.15) is 11.9 Å². The highest BCUT2D eigenvalue weighted by Crippen LogP contribution is 2.39. The summed E-state index contributed by atoms with van der Waals surface area (Å²) >= 11 is 0. The van der Waals surface area contributed by atoms with Crippen molar-refractivity contribution in [1.29, 1.82) is 0 Å². The average molecular weight is 324 g/mol. The minimum atomic E-state index is -3.11. The quantitative estimate of drug-likeness (QED) is 0.807. The summed E-state index contributed by atoms with van der Waals surface area (Å²) in [4.78, 5) is 4.06. The highest BCUT2D eigenvalue weighted by atomic mass is 32.2. The number of hydrogen-bond acceptors (Lipinski definition) is 4. The number of aromatic nitrogens is 1. The van der Waals surface area contributed by atoms with Crippen molar-refractivity contribution < 1.29 is 13.2 Å². The average Bonchev–Trinajstić information content (AvgIpc) is 2.79. The molecule has 3 rings (SSSR count). The van der Waals surface area contributed by atoms with Gasteiger partial charge in [-0.3, -0.25) is 4.98 Å². The minimum absolute atomic E-state index is 0.0966. The van der Waals surface area contributed by atoms with Crippen LogP contribution in [-0.2, 0) is 10.0 Å². The number of nitrogens with zero attached hydrogens (tertiary/aromatic N) is 2. The molecule has 122 valence electrons. The lowest BCUT2D eigenvalue weighted by molar-refractivity contribution is 0.0953. The Morgan fingerprint density at radius 1 is 1.32 bits per heavy atom. The summed E-state index contributed by atoms with van der Waals surface area (Å²) in [5.74, 6) is 1.05. The van der Waals surface area contributed by atoms with Crippen LogP contribution >= 0.6 is 0 Å². The van der Waals surface area contributed by atoms with Crippen LogP contribution in [0.25, 0.3) is 0 Å². The lowest BCUT2D eigenvalue weighted by Crippen LogP contribution is -2.49. The SMILES string of the molecule is CCCCS(=O)(=O)N1C2CCC1CC(Oc1cccnc1)C2. The molecule has 2 fully saturated rings. The summed E-state index contributed by atoms with van der Waals surface area (Å²) < 4.78 is 32.9. The number of unbranched alkanes of at least 4 members (excludes halogenated alkanes) is 1. The molecule has 0 spiro atoms. The Labute approximate surface area is 132 Å². The third-order valence-electron chi connectivity index (χ3n) is 4.64. The topological polar surface area (TPSA) is 59.5 Å². The fourth-order valence-corrected chi connectivity index (χ4v) is 5.83. The molecule has 0 amide bonds. The fourth-order valence-electron chi connectivity index (χ4n) is 3.68. The van der Waals surface area contributed by atoms with Gasteiger partial charge in [0, 0.05) is 31.1 Å². The first-order valence-corrected chi connectivity index (χ1v) is 9.79. The zero-order valence-corrected chi connectivity index (χ0v) is 13.8. The van der Waals surface area contributed by atoms with E-state index < -0.39 is 10.0 Å². The van der Waals surface area contributed by atoms with Crippen molar-refractivity contribution >= 4 is 10.0 Å². The van der Waals surface area contributed by atoms with Gasteiger partial charge in [0.25, 0.3) is 0 Å². The molecule has 5 nitrogen and oxygen atoms in total. The molecule has 1 aromatic rings. The molecule has 0 saturated carbocycles. The Balaban J connectivity index is 1.66. The minimum Gasteiger partial charge on any atom is -0.489 e. The van der Waals surface area contributed by atoms with Crippen LogP contribution in [0.15, 0.2) is 24.5 Å². The van der Waals surface area contributed by atoms with Crippen LogP contribution < -0.4 is 4.74 Å². The molecule has 2 aliphatic heterocycles. The smallest absolute Gasteiger partial charge is 0.214 e. The first-order valence-electron chi connectivity index (χ1n) is 8.18. The molecular formula is C16H24N2O3S. The number of piperidine rings is 1. The second kappa shape index (κ2) is 6.54. The third kappa shape index (κ3) is 3.27. The maximum Gasteiger partial charge on any atom is 0.214 e. The Hall–Kier alpha value is -1.14. The molecule has 2 saturated heterocycles. The molecule has 3 heterocycles. The molecule has 1 aromatic heterocycles. The van der Waals surface area contributed by atoms with Crippen molar-refractivity contribution in [2.45, 2.75) is 63.6 Å². The summed E-state index contributed by atoms with van der Waals surface area (Å²) in [7, 11) is -3.11. The molecule has 22 heavy (non-hydrogen) atoms. The molecular weight excluding hydrogens is 300 g/mol. The Bertz CT molecular complexity index is 577. The molecule has 2 bridgehead atoms. The van der Waals surface area contributed by atoms with E-state index in [1.54, 1.807) is 16.7 Å². The molecule has 2 aliphatic rings. The number of rotatable bonds is 6. The van der Waals surface area contributed by atoms with Crippen LogP contribution in [0.4, 0.5) is 0 Å². The molecule has 0 radical (unpaired) electrons. The number of hydrogen-bond donors (Lipinski definition) is 0. The van der Waals surface area contributed by atoms with Gasteiger partial charge in [0.2, 0.25) is 10.0 Å². The molecule has 2 unspecified atom stereocenters. The van der Waals surface area contributed by atoms with E-state index in [0.29, 0.717) is 0 Å². The van der Waals surface area contributed by atoms with Gasteiger partial charge < -0.3 is 4.74 Å². The molecule has 0 aliphatic carbocycles. The van der Waals surface area contributed by atoms with Crippen molar-refractivity contribution in [2.24, 2.45) is 0 Å². The predicted octanol–water partition coefficient (Wildman–Crippen LogP) is 2.59. The van der Waals surface area contributed by atoms with Gasteiger partial charge in [-0.1, -0.05) is 13.3 Å². The van der Waals surface area contributed by atoms with E-state index in [1.165, 1.54) is 0 Å². The summed E-state index contributed by atoms with van der Waals surface area (Å²) in [6, 6.07) is 3.98. The lowest BCUT2D eigenvalue weighted by atomic mass is 10.0. The lowest BCUT2D eigenvalue weighted by Gasteiger charge is -2.37. The van der Waals surface area contributed by atoms with Gasteiger partial charge in [-0.15, -0.1) is 0 Å². The first kappa shape index (κ1) is 15.7. The van der Waals surface area contributed by atoms with E-state index in [1.807, 2.05) is 19.1 Å². The summed E-state index contributed by atoms with van der Waals surface area (Å²) in [6.45, 7) is 2.03. The van der Waals surface area contributed by atoms with E-state index >= 15 is 0 Å².